The van der Waals surface area contributed by atoms with Crippen molar-refractivity contribution < 1.29 is 19.8 Å². The normalized spacial score (nSPS) is 41.1. The highest BCUT2D eigenvalue weighted by atomic mass is 16.4. The fourth-order valence-corrected chi connectivity index (χ4v) is 9.78. The zero-order valence-electron chi connectivity index (χ0n) is 23.2. The molecule has 0 aromatic rings. The summed E-state index contributed by atoms with van der Waals surface area (Å²) in [4.78, 5) is 24.4. The molecule has 3 aliphatic carbocycles. The molecule has 0 radical (unpaired) electrons. The Kier molecular flexibility index (Phi) is 7.64. The third kappa shape index (κ3) is 4.34. The van der Waals surface area contributed by atoms with Crippen molar-refractivity contribution in [2.75, 3.05) is 0 Å². The van der Waals surface area contributed by atoms with Crippen molar-refractivity contribution in [3.8, 4) is 0 Å². The molecule has 0 aliphatic heterocycles. The van der Waals surface area contributed by atoms with Gasteiger partial charge in [-0.2, -0.15) is 0 Å². The lowest BCUT2D eigenvalue weighted by Crippen LogP contribution is -2.59. The maximum Gasteiger partial charge on any atom is 0.309 e. The third-order valence-electron chi connectivity index (χ3n) is 11.9. The van der Waals surface area contributed by atoms with E-state index >= 15 is 0 Å². The molecule has 0 heterocycles. The van der Waals surface area contributed by atoms with Crippen LogP contribution >= 0.6 is 0 Å². The second-order valence-corrected chi connectivity index (χ2v) is 14.3. The smallest absolute Gasteiger partial charge is 0.309 e. The molecule has 0 unspecified atom stereocenters. The summed E-state index contributed by atoms with van der Waals surface area (Å²) in [6.45, 7) is 18.0. The van der Waals surface area contributed by atoms with Gasteiger partial charge < -0.3 is 10.2 Å². The Morgan fingerprint density at radius 2 is 1.50 bits per heavy atom. The summed E-state index contributed by atoms with van der Waals surface area (Å²) < 4.78 is 0. The average molecular weight is 477 g/mol. The van der Waals surface area contributed by atoms with Crippen molar-refractivity contribution in [3.05, 3.63) is 0 Å². The Hall–Kier alpha value is -1.06. The van der Waals surface area contributed by atoms with Gasteiger partial charge in [0, 0.05) is 0 Å². The van der Waals surface area contributed by atoms with Crippen LogP contribution in [-0.4, -0.2) is 22.2 Å². The second-order valence-electron chi connectivity index (χ2n) is 14.3. The van der Waals surface area contributed by atoms with E-state index in [1.54, 1.807) is 0 Å². The van der Waals surface area contributed by atoms with E-state index in [2.05, 4.69) is 41.5 Å². The molecule has 3 fully saturated rings. The van der Waals surface area contributed by atoms with Crippen LogP contribution in [0, 0.1) is 57.2 Å². The Morgan fingerprint density at radius 3 is 2.06 bits per heavy atom. The van der Waals surface area contributed by atoms with Crippen LogP contribution in [0.15, 0.2) is 0 Å². The SMILES string of the molecule is CC(C)CCC[C@H](C)[C@@H]1CC[C@]2(C)[C@@H]3CC[C@H](C(C)(C)C(=O)O)[C@](C)(CC(=O)O)[C@H]3CC[C@@]12C. The summed E-state index contributed by atoms with van der Waals surface area (Å²) in [5, 5.41) is 20.0. The molecule has 8 atom stereocenters. The number of fused-ring (bicyclic) bond motifs is 3. The molecule has 0 amide bonds. The van der Waals surface area contributed by atoms with Gasteiger partial charge in [0.25, 0.3) is 0 Å². The first-order valence-corrected chi connectivity index (χ1v) is 14.1. The minimum atomic E-state index is -0.917. The molecule has 3 aliphatic rings. The molecule has 34 heavy (non-hydrogen) atoms. The van der Waals surface area contributed by atoms with Crippen molar-refractivity contribution in [3.63, 3.8) is 0 Å². The van der Waals surface area contributed by atoms with Crippen LogP contribution in [0.4, 0.5) is 0 Å². The van der Waals surface area contributed by atoms with Crippen LogP contribution in [0.3, 0.4) is 0 Å². The molecule has 3 rings (SSSR count). The van der Waals surface area contributed by atoms with Crippen LogP contribution in [0.2, 0.25) is 0 Å². The average Bonchev–Trinajstić information content (AvgIpc) is 2.98. The van der Waals surface area contributed by atoms with Gasteiger partial charge in [0.2, 0.25) is 0 Å². The van der Waals surface area contributed by atoms with E-state index < -0.39 is 22.8 Å². The fourth-order valence-electron chi connectivity index (χ4n) is 9.78. The minimum Gasteiger partial charge on any atom is -0.481 e. The summed E-state index contributed by atoms with van der Waals surface area (Å²) in [6.07, 6.45) is 10.6. The number of rotatable bonds is 9. The third-order valence-corrected chi connectivity index (χ3v) is 11.9. The summed E-state index contributed by atoms with van der Waals surface area (Å²) >= 11 is 0. The van der Waals surface area contributed by atoms with Gasteiger partial charge in [-0.3, -0.25) is 9.59 Å². The Bertz CT molecular complexity index is 772. The molecular weight excluding hydrogens is 424 g/mol. The fraction of sp³-hybridized carbons (Fsp3) is 0.933. The molecule has 4 heteroatoms. The molecule has 0 saturated heterocycles. The van der Waals surface area contributed by atoms with Crippen LogP contribution < -0.4 is 0 Å². The van der Waals surface area contributed by atoms with E-state index in [4.69, 9.17) is 0 Å². The summed E-state index contributed by atoms with van der Waals surface area (Å²) in [5.41, 5.74) is -0.891. The maximum atomic E-state index is 12.2. The molecule has 3 saturated carbocycles. The number of aliphatic carboxylic acids is 2. The first-order valence-electron chi connectivity index (χ1n) is 14.1. The van der Waals surface area contributed by atoms with Crippen LogP contribution in [0.1, 0.15) is 120 Å². The number of carboxylic acid groups (broad SMARTS) is 2. The molecule has 196 valence electrons. The van der Waals surface area contributed by atoms with Crippen LogP contribution in [-0.2, 0) is 9.59 Å². The van der Waals surface area contributed by atoms with Gasteiger partial charge in [0.15, 0.2) is 0 Å². The molecular formula is C30H52O4. The summed E-state index contributed by atoms with van der Waals surface area (Å²) in [5.74, 6) is 1.32. The van der Waals surface area contributed by atoms with Gasteiger partial charge in [0.1, 0.15) is 0 Å². The molecule has 0 aromatic heterocycles. The first-order chi connectivity index (χ1) is 15.6. The van der Waals surface area contributed by atoms with E-state index in [1.807, 2.05) is 13.8 Å². The number of hydrogen-bond donors (Lipinski definition) is 2. The summed E-state index contributed by atoms with van der Waals surface area (Å²) in [7, 11) is 0. The highest BCUT2D eigenvalue weighted by Gasteiger charge is 2.67. The zero-order valence-corrected chi connectivity index (χ0v) is 23.2. The van der Waals surface area contributed by atoms with Crippen molar-refractivity contribution in [1.29, 1.82) is 0 Å². The maximum absolute atomic E-state index is 12.2. The van der Waals surface area contributed by atoms with E-state index in [0.29, 0.717) is 11.3 Å². The second kappa shape index (κ2) is 9.43. The molecule has 2 N–H and O–H groups in total. The molecule has 0 aromatic carbocycles. The zero-order chi connectivity index (χ0) is 25.7. The van der Waals surface area contributed by atoms with Crippen molar-refractivity contribution in [2.45, 2.75) is 120 Å². The predicted octanol–water partition coefficient (Wildman–Crippen LogP) is 7.90. The molecule has 4 nitrogen and oxygen atoms in total. The quantitative estimate of drug-likeness (QED) is 0.355. The van der Waals surface area contributed by atoms with Crippen LogP contribution in [0.25, 0.3) is 0 Å². The Balaban J connectivity index is 1.91. The predicted molar refractivity (Wildman–Crippen MR) is 138 cm³/mol. The Morgan fingerprint density at radius 1 is 0.882 bits per heavy atom. The lowest BCUT2D eigenvalue weighted by molar-refractivity contribution is -0.186. The lowest BCUT2D eigenvalue weighted by Gasteiger charge is -2.65. The van der Waals surface area contributed by atoms with Gasteiger partial charge in [0.05, 0.1) is 11.8 Å². The van der Waals surface area contributed by atoms with Crippen molar-refractivity contribution >= 4 is 11.9 Å². The lowest BCUT2D eigenvalue weighted by atomic mass is 9.39. The van der Waals surface area contributed by atoms with E-state index in [9.17, 15) is 19.8 Å². The minimum absolute atomic E-state index is 0.0807. The summed E-state index contributed by atoms with van der Waals surface area (Å²) in [6, 6.07) is 0. The van der Waals surface area contributed by atoms with Gasteiger partial charge in [-0.1, -0.05) is 60.8 Å². The largest absolute Gasteiger partial charge is 0.481 e. The first kappa shape index (κ1) is 27.5. The van der Waals surface area contributed by atoms with Gasteiger partial charge in [-0.15, -0.1) is 0 Å². The van der Waals surface area contributed by atoms with Gasteiger partial charge >= 0.3 is 11.9 Å². The van der Waals surface area contributed by atoms with Crippen LogP contribution in [0.5, 0.6) is 0 Å². The highest BCUT2D eigenvalue weighted by molar-refractivity contribution is 5.75. The monoisotopic (exact) mass is 476 g/mol. The highest BCUT2D eigenvalue weighted by Crippen LogP contribution is 2.73. The number of carbonyl (C=O) groups is 2. The molecule has 0 spiro atoms. The Labute approximate surface area is 208 Å². The number of carboxylic acids is 2. The van der Waals surface area contributed by atoms with E-state index in [1.165, 1.54) is 32.1 Å². The van der Waals surface area contributed by atoms with Crippen molar-refractivity contribution in [2.24, 2.45) is 57.2 Å². The van der Waals surface area contributed by atoms with E-state index in [0.717, 1.165) is 43.4 Å². The topological polar surface area (TPSA) is 74.6 Å². The van der Waals surface area contributed by atoms with Gasteiger partial charge in [-0.05, 0) is 104 Å². The van der Waals surface area contributed by atoms with Crippen molar-refractivity contribution in [1.82, 2.24) is 0 Å². The molecule has 0 bridgehead atoms. The van der Waals surface area contributed by atoms with Gasteiger partial charge in [-0.25, -0.2) is 0 Å². The number of hydrogen-bond acceptors (Lipinski definition) is 2. The standard InChI is InChI=1S/C30H52O4/c1-19(2)10-9-11-20(3)21-14-16-30(8)23-12-13-24(27(4,5)26(33)34)28(6,18-25(31)32)22(23)15-17-29(21,30)7/h19-24H,9-18H2,1-8H3,(H,31,32)(H,33,34)/t20-,21-,22-,23+,24+,28+,29-,30+/m0/s1. The van der Waals surface area contributed by atoms with E-state index in [-0.39, 0.29) is 23.7 Å².